The smallest absolute Gasteiger partial charge is 0.243 e. The van der Waals surface area contributed by atoms with Gasteiger partial charge in [-0.3, -0.25) is 0 Å². The average Bonchev–Trinajstić information content (AvgIpc) is 3.16. The normalized spacial score (nSPS) is 16.2. The van der Waals surface area contributed by atoms with Gasteiger partial charge in [-0.25, -0.2) is 8.42 Å². The Morgan fingerprint density at radius 3 is 2.58 bits per heavy atom. The highest BCUT2D eigenvalue weighted by molar-refractivity contribution is 7.89. The SMILES string of the molecule is Cc1ccc(S(=O)(=O)N2CC(c3nc(-c4ccco4)no3)C2)cc1. The number of sulfonamides is 1. The maximum absolute atomic E-state index is 12.5. The van der Waals surface area contributed by atoms with Crippen molar-refractivity contribution >= 4 is 10.0 Å². The summed E-state index contributed by atoms with van der Waals surface area (Å²) in [5.41, 5.74) is 1.02. The zero-order valence-electron chi connectivity index (χ0n) is 12.9. The van der Waals surface area contributed by atoms with Crippen molar-refractivity contribution in [2.75, 3.05) is 13.1 Å². The van der Waals surface area contributed by atoms with Gasteiger partial charge in [0.25, 0.3) is 0 Å². The molecule has 7 nitrogen and oxygen atoms in total. The molecule has 0 spiro atoms. The van der Waals surface area contributed by atoms with E-state index in [1.807, 2.05) is 6.92 Å². The second kappa shape index (κ2) is 5.57. The minimum absolute atomic E-state index is 0.0959. The molecule has 0 saturated carbocycles. The molecule has 3 aromatic rings. The van der Waals surface area contributed by atoms with Crippen LogP contribution in [0.2, 0.25) is 0 Å². The summed E-state index contributed by atoms with van der Waals surface area (Å²) >= 11 is 0. The molecule has 1 aliphatic heterocycles. The molecule has 0 bridgehead atoms. The second-order valence-corrected chi connectivity index (χ2v) is 7.70. The lowest BCUT2D eigenvalue weighted by molar-refractivity contribution is 0.217. The Kier molecular flexibility index (Phi) is 3.50. The van der Waals surface area contributed by atoms with E-state index in [0.717, 1.165) is 5.56 Å². The van der Waals surface area contributed by atoms with E-state index in [4.69, 9.17) is 8.94 Å². The van der Waals surface area contributed by atoms with E-state index in [1.165, 1.54) is 10.6 Å². The molecule has 0 amide bonds. The van der Waals surface area contributed by atoms with Crippen LogP contribution in [0.4, 0.5) is 0 Å². The third kappa shape index (κ3) is 2.53. The number of hydrogen-bond acceptors (Lipinski definition) is 6. The second-order valence-electron chi connectivity index (χ2n) is 5.77. The fraction of sp³-hybridized carbons (Fsp3) is 0.250. The summed E-state index contributed by atoms with van der Waals surface area (Å²) in [7, 11) is -3.47. The van der Waals surface area contributed by atoms with E-state index >= 15 is 0 Å². The molecule has 0 radical (unpaired) electrons. The Hall–Kier alpha value is -2.45. The summed E-state index contributed by atoms with van der Waals surface area (Å²) < 4.78 is 36.9. The van der Waals surface area contributed by atoms with E-state index in [2.05, 4.69) is 10.1 Å². The predicted octanol–water partition coefficient (Wildman–Crippen LogP) is 2.43. The van der Waals surface area contributed by atoms with Gasteiger partial charge >= 0.3 is 0 Å². The highest BCUT2D eigenvalue weighted by atomic mass is 32.2. The molecule has 1 saturated heterocycles. The van der Waals surface area contributed by atoms with E-state index in [9.17, 15) is 8.42 Å². The molecule has 1 aromatic carbocycles. The molecule has 0 N–H and O–H groups in total. The van der Waals surface area contributed by atoms with Crippen LogP contribution in [0.1, 0.15) is 17.4 Å². The van der Waals surface area contributed by atoms with E-state index < -0.39 is 10.0 Å². The maximum Gasteiger partial charge on any atom is 0.243 e. The Morgan fingerprint density at radius 1 is 1.17 bits per heavy atom. The van der Waals surface area contributed by atoms with E-state index in [0.29, 0.717) is 35.5 Å². The van der Waals surface area contributed by atoms with Crippen LogP contribution in [-0.4, -0.2) is 36.0 Å². The van der Waals surface area contributed by atoms with Crippen LogP contribution in [0, 0.1) is 6.92 Å². The van der Waals surface area contributed by atoms with Gasteiger partial charge in [-0.2, -0.15) is 9.29 Å². The number of hydrogen-bond donors (Lipinski definition) is 0. The zero-order valence-corrected chi connectivity index (χ0v) is 13.7. The minimum Gasteiger partial charge on any atom is -0.461 e. The van der Waals surface area contributed by atoms with Gasteiger partial charge < -0.3 is 8.94 Å². The molecule has 0 atom stereocenters. The van der Waals surface area contributed by atoms with Gasteiger partial charge in [0.2, 0.25) is 21.7 Å². The fourth-order valence-electron chi connectivity index (χ4n) is 2.56. The largest absolute Gasteiger partial charge is 0.461 e. The van der Waals surface area contributed by atoms with Crippen molar-refractivity contribution in [1.29, 1.82) is 0 Å². The molecule has 4 rings (SSSR count). The van der Waals surface area contributed by atoms with Crippen LogP contribution < -0.4 is 0 Å². The lowest BCUT2D eigenvalue weighted by Gasteiger charge is -2.35. The first-order valence-corrected chi connectivity index (χ1v) is 8.92. The molecule has 2 aromatic heterocycles. The summed E-state index contributed by atoms with van der Waals surface area (Å²) in [6, 6.07) is 10.3. The Bertz CT molecular complexity index is 940. The molecule has 1 fully saturated rings. The van der Waals surface area contributed by atoms with Crippen molar-refractivity contribution in [2.24, 2.45) is 0 Å². The van der Waals surface area contributed by atoms with Gasteiger partial charge in [-0.15, -0.1) is 0 Å². The number of aryl methyl sites for hydroxylation is 1. The van der Waals surface area contributed by atoms with Crippen LogP contribution in [0.5, 0.6) is 0 Å². The molecule has 1 aliphatic rings. The standard InChI is InChI=1S/C16H15N3O4S/c1-11-4-6-13(7-5-11)24(20,21)19-9-12(10-19)16-17-15(18-23-16)14-3-2-8-22-14/h2-8,12H,9-10H2,1H3. The third-order valence-corrected chi connectivity index (χ3v) is 5.89. The molecule has 124 valence electrons. The monoisotopic (exact) mass is 345 g/mol. The van der Waals surface area contributed by atoms with Gasteiger partial charge in [0.1, 0.15) is 0 Å². The van der Waals surface area contributed by atoms with Gasteiger partial charge in [0.15, 0.2) is 5.76 Å². The van der Waals surface area contributed by atoms with Crippen LogP contribution in [0.15, 0.2) is 56.5 Å². The highest BCUT2D eigenvalue weighted by Crippen LogP contribution is 2.32. The average molecular weight is 345 g/mol. The topological polar surface area (TPSA) is 89.4 Å². The predicted molar refractivity (Wildman–Crippen MR) is 84.7 cm³/mol. The summed E-state index contributed by atoms with van der Waals surface area (Å²) in [6.07, 6.45) is 1.53. The quantitative estimate of drug-likeness (QED) is 0.721. The number of rotatable bonds is 4. The van der Waals surface area contributed by atoms with Gasteiger partial charge in [-0.05, 0) is 31.2 Å². The van der Waals surface area contributed by atoms with Crippen molar-refractivity contribution in [2.45, 2.75) is 17.7 Å². The Balaban J connectivity index is 1.47. The summed E-state index contributed by atoms with van der Waals surface area (Å²) in [4.78, 5) is 4.58. The van der Waals surface area contributed by atoms with Crippen molar-refractivity contribution in [3.63, 3.8) is 0 Å². The van der Waals surface area contributed by atoms with Crippen LogP contribution >= 0.6 is 0 Å². The van der Waals surface area contributed by atoms with E-state index in [1.54, 1.807) is 36.4 Å². The summed E-state index contributed by atoms with van der Waals surface area (Å²) in [5, 5.41) is 3.87. The lowest BCUT2D eigenvalue weighted by Crippen LogP contribution is -2.48. The number of furan rings is 1. The molecule has 8 heteroatoms. The van der Waals surface area contributed by atoms with Gasteiger partial charge in [-0.1, -0.05) is 22.9 Å². The summed E-state index contributed by atoms with van der Waals surface area (Å²) in [6.45, 7) is 2.58. The van der Waals surface area contributed by atoms with Crippen molar-refractivity contribution in [3.05, 3.63) is 54.1 Å². The Morgan fingerprint density at radius 2 is 1.92 bits per heavy atom. The van der Waals surface area contributed by atoms with Crippen LogP contribution in [0.3, 0.4) is 0 Å². The van der Waals surface area contributed by atoms with Gasteiger partial charge in [0.05, 0.1) is 17.1 Å². The van der Waals surface area contributed by atoms with Crippen LogP contribution in [-0.2, 0) is 10.0 Å². The Labute approximate surface area is 138 Å². The van der Waals surface area contributed by atoms with Crippen molar-refractivity contribution < 1.29 is 17.4 Å². The molecular weight excluding hydrogens is 330 g/mol. The number of aromatic nitrogens is 2. The summed E-state index contributed by atoms with van der Waals surface area (Å²) in [5.74, 6) is 1.22. The molecule has 0 aliphatic carbocycles. The molecule has 3 heterocycles. The minimum atomic E-state index is -3.47. The first-order valence-electron chi connectivity index (χ1n) is 7.48. The molecular formula is C16H15N3O4S. The molecule has 24 heavy (non-hydrogen) atoms. The molecule has 0 unspecified atom stereocenters. The van der Waals surface area contributed by atoms with Crippen LogP contribution in [0.25, 0.3) is 11.6 Å². The number of benzene rings is 1. The highest BCUT2D eigenvalue weighted by Gasteiger charge is 2.40. The first-order chi connectivity index (χ1) is 11.5. The zero-order chi connectivity index (χ0) is 16.7. The van der Waals surface area contributed by atoms with Gasteiger partial charge in [0, 0.05) is 13.1 Å². The van der Waals surface area contributed by atoms with Crippen molar-refractivity contribution in [1.82, 2.24) is 14.4 Å². The maximum atomic E-state index is 12.5. The lowest BCUT2D eigenvalue weighted by atomic mass is 10.0. The number of nitrogens with zero attached hydrogens (tertiary/aromatic N) is 3. The third-order valence-electron chi connectivity index (χ3n) is 4.04. The fourth-order valence-corrected chi connectivity index (χ4v) is 4.09. The van der Waals surface area contributed by atoms with Crippen molar-refractivity contribution in [3.8, 4) is 11.6 Å². The first kappa shape index (κ1) is 15.1. The van der Waals surface area contributed by atoms with E-state index in [-0.39, 0.29) is 5.92 Å².